The SMILES string of the molecule is OCF.[Y]. The van der Waals surface area contributed by atoms with Crippen LogP contribution in [0.25, 0.3) is 0 Å². The Kier molecular flexibility index (Phi) is 20.0. The molecule has 0 amide bonds. The molecular weight excluding hydrogens is 136 g/mol. The van der Waals surface area contributed by atoms with Gasteiger partial charge in [-0.2, -0.15) is 0 Å². The minimum Gasteiger partial charge on any atom is -0.366 e. The Balaban J connectivity index is 0. The summed E-state index contributed by atoms with van der Waals surface area (Å²) in [5.41, 5.74) is 0. The van der Waals surface area contributed by atoms with Crippen LogP contribution in [0.4, 0.5) is 4.39 Å². The smallest absolute Gasteiger partial charge is 0.185 e. The van der Waals surface area contributed by atoms with Crippen molar-refractivity contribution in [1.82, 2.24) is 0 Å². The third-order valence-corrected chi connectivity index (χ3v) is 0. The van der Waals surface area contributed by atoms with Crippen LogP contribution in [0.5, 0.6) is 0 Å². The van der Waals surface area contributed by atoms with Crippen molar-refractivity contribution in [2.24, 2.45) is 0 Å². The summed E-state index contributed by atoms with van der Waals surface area (Å²) in [6.45, 7) is -1.25. The fourth-order valence-electron chi connectivity index (χ4n) is 0. The predicted molar refractivity (Wildman–Crippen MR) is 8.19 cm³/mol. The second-order valence-corrected chi connectivity index (χ2v) is 0.120. The van der Waals surface area contributed by atoms with E-state index in [4.69, 9.17) is 5.11 Å². The van der Waals surface area contributed by atoms with Crippen LogP contribution in [0.1, 0.15) is 0 Å². The molecular formula is CH3FOY. The molecule has 0 aromatic rings. The van der Waals surface area contributed by atoms with E-state index < -0.39 is 6.86 Å². The van der Waals surface area contributed by atoms with Crippen molar-refractivity contribution in [3.8, 4) is 0 Å². The van der Waals surface area contributed by atoms with Crippen LogP contribution in [0, 0.1) is 0 Å². The average molecular weight is 139 g/mol. The average Bonchev–Trinajstić information content (AvgIpc) is 0.918. The van der Waals surface area contributed by atoms with Gasteiger partial charge in [-0.15, -0.1) is 0 Å². The van der Waals surface area contributed by atoms with Crippen LogP contribution in [0.15, 0.2) is 0 Å². The normalized spacial score (nSPS) is 4.50. The number of hydrogen-bond donors (Lipinski definition) is 1. The van der Waals surface area contributed by atoms with E-state index in [1.54, 1.807) is 0 Å². The second-order valence-electron chi connectivity index (χ2n) is 0.120. The number of rotatable bonds is 0. The van der Waals surface area contributed by atoms with Gasteiger partial charge in [-0.25, -0.2) is 4.39 Å². The second kappa shape index (κ2) is 9.00. The third kappa shape index (κ3) is 12.0. The van der Waals surface area contributed by atoms with E-state index in [-0.39, 0.29) is 32.7 Å². The minimum atomic E-state index is -1.25. The Hall–Kier alpha value is 0.994. The van der Waals surface area contributed by atoms with Crippen molar-refractivity contribution in [2.45, 2.75) is 0 Å². The Morgan fingerprint density at radius 3 is 1.75 bits per heavy atom. The molecule has 23 valence electrons. The quantitative estimate of drug-likeness (QED) is 0.496. The Morgan fingerprint density at radius 1 is 1.75 bits per heavy atom. The summed E-state index contributed by atoms with van der Waals surface area (Å²) in [6, 6.07) is 0. The molecule has 4 heavy (non-hydrogen) atoms. The molecule has 0 spiro atoms. The molecule has 0 atom stereocenters. The van der Waals surface area contributed by atoms with E-state index in [0.717, 1.165) is 0 Å². The van der Waals surface area contributed by atoms with Gasteiger partial charge in [0, 0.05) is 32.7 Å². The van der Waals surface area contributed by atoms with Gasteiger partial charge in [0.1, 0.15) is 0 Å². The first-order chi connectivity index (χ1) is 1.41. The van der Waals surface area contributed by atoms with Crippen LogP contribution in [-0.4, -0.2) is 12.0 Å². The largest absolute Gasteiger partial charge is 0.366 e. The maximum atomic E-state index is 9.85. The molecule has 0 aliphatic carbocycles. The summed E-state index contributed by atoms with van der Waals surface area (Å²) in [7, 11) is 0. The molecule has 0 heterocycles. The summed E-state index contributed by atoms with van der Waals surface area (Å²) in [4.78, 5) is 0. The van der Waals surface area contributed by atoms with Crippen LogP contribution in [-0.2, 0) is 32.7 Å². The van der Waals surface area contributed by atoms with Gasteiger partial charge < -0.3 is 5.11 Å². The molecule has 1 nitrogen and oxygen atoms in total. The van der Waals surface area contributed by atoms with Crippen LogP contribution in [0.2, 0.25) is 0 Å². The Morgan fingerprint density at radius 2 is 1.75 bits per heavy atom. The topological polar surface area (TPSA) is 20.2 Å². The van der Waals surface area contributed by atoms with Gasteiger partial charge in [0.05, 0.1) is 0 Å². The van der Waals surface area contributed by atoms with Gasteiger partial charge in [-0.3, -0.25) is 0 Å². The molecule has 3 heteroatoms. The Labute approximate surface area is 49.1 Å². The van der Waals surface area contributed by atoms with Gasteiger partial charge in [-0.05, 0) is 0 Å². The van der Waals surface area contributed by atoms with Gasteiger partial charge >= 0.3 is 0 Å². The Bertz CT molecular complexity index is 8.00. The molecule has 0 saturated carbocycles. The van der Waals surface area contributed by atoms with Gasteiger partial charge in [0.25, 0.3) is 0 Å². The van der Waals surface area contributed by atoms with Crippen molar-refractivity contribution in [1.29, 1.82) is 0 Å². The molecule has 0 fully saturated rings. The van der Waals surface area contributed by atoms with E-state index in [9.17, 15) is 4.39 Å². The first-order valence-corrected chi connectivity index (χ1v) is 0.583. The molecule has 0 aliphatic heterocycles. The van der Waals surface area contributed by atoms with Crippen LogP contribution in [0.3, 0.4) is 0 Å². The zero-order valence-electron chi connectivity index (χ0n) is 2.11. The van der Waals surface area contributed by atoms with Crippen molar-refractivity contribution in [3.05, 3.63) is 0 Å². The van der Waals surface area contributed by atoms with Crippen molar-refractivity contribution in [3.63, 3.8) is 0 Å². The minimum absolute atomic E-state index is 0. The number of halogens is 1. The summed E-state index contributed by atoms with van der Waals surface area (Å²) < 4.78 is 9.85. The number of aliphatic hydroxyl groups excluding tert-OH is 1. The van der Waals surface area contributed by atoms with E-state index in [2.05, 4.69) is 0 Å². The zero-order chi connectivity index (χ0) is 2.71. The predicted octanol–water partition coefficient (Wildman–Crippen LogP) is -0.0968. The fourth-order valence-corrected chi connectivity index (χ4v) is 0. The molecule has 0 rings (SSSR count). The maximum absolute atomic E-state index is 9.85. The van der Waals surface area contributed by atoms with Gasteiger partial charge in [0.15, 0.2) is 6.86 Å². The van der Waals surface area contributed by atoms with E-state index in [0.29, 0.717) is 0 Å². The molecule has 0 aromatic carbocycles. The van der Waals surface area contributed by atoms with Crippen molar-refractivity contribution < 1.29 is 42.2 Å². The molecule has 1 radical (unpaired) electrons. The number of aliphatic hydroxyl groups is 1. The fraction of sp³-hybridized carbons (Fsp3) is 1.00. The van der Waals surface area contributed by atoms with E-state index in [1.807, 2.05) is 0 Å². The molecule has 0 bridgehead atoms. The van der Waals surface area contributed by atoms with Crippen LogP contribution < -0.4 is 0 Å². The molecule has 0 aromatic heterocycles. The van der Waals surface area contributed by atoms with Gasteiger partial charge in [-0.1, -0.05) is 0 Å². The van der Waals surface area contributed by atoms with Gasteiger partial charge in [0.2, 0.25) is 0 Å². The standard InChI is InChI=1S/CH3FO.Y/c2-1-3;/h3H,1H2;. The summed E-state index contributed by atoms with van der Waals surface area (Å²) in [6.07, 6.45) is 0. The first kappa shape index (κ1) is 8.89. The molecule has 0 saturated heterocycles. The number of alkyl halides is 1. The van der Waals surface area contributed by atoms with Crippen LogP contribution >= 0.6 is 0 Å². The third-order valence-electron chi connectivity index (χ3n) is 0. The van der Waals surface area contributed by atoms with Crippen molar-refractivity contribution >= 4 is 0 Å². The zero-order valence-corrected chi connectivity index (χ0v) is 4.95. The monoisotopic (exact) mass is 139 g/mol. The van der Waals surface area contributed by atoms with E-state index >= 15 is 0 Å². The number of hydrogen-bond acceptors (Lipinski definition) is 1. The summed E-state index contributed by atoms with van der Waals surface area (Å²) in [5.74, 6) is 0. The summed E-state index contributed by atoms with van der Waals surface area (Å²) in [5, 5.41) is 6.90. The maximum Gasteiger partial charge on any atom is 0.185 e. The molecule has 1 N–H and O–H groups in total. The molecule has 0 aliphatic rings. The molecule has 0 unspecified atom stereocenters. The van der Waals surface area contributed by atoms with Crippen molar-refractivity contribution in [2.75, 3.05) is 6.86 Å². The summed E-state index contributed by atoms with van der Waals surface area (Å²) >= 11 is 0. The van der Waals surface area contributed by atoms with E-state index in [1.165, 1.54) is 0 Å². The first-order valence-electron chi connectivity index (χ1n) is 0.583.